The van der Waals surface area contributed by atoms with Gasteiger partial charge >= 0.3 is 31.0 Å². The highest BCUT2D eigenvalue weighted by Gasteiger charge is 2.31. The smallest absolute Gasteiger partial charge is 0.469 e. The average Bonchev–Trinajstić information content (AvgIpc) is 1.69. The maximum absolute atomic E-state index is 14.0. The monoisotopic (exact) mass is 2000 g/mol. The quantitative estimate of drug-likeness (QED) is 0.0114. The van der Waals surface area contributed by atoms with Crippen LogP contribution in [0.4, 0.5) is 39.5 Å². The van der Waals surface area contributed by atoms with Gasteiger partial charge in [-0.1, -0.05) is 126 Å². The minimum atomic E-state index is -1.74. The van der Waals surface area contributed by atoms with Gasteiger partial charge < -0.3 is 57.4 Å². The number of nitrogens with two attached hydrogens (primary N) is 4. The molecule has 3 aliphatic rings. The molecule has 0 saturated heterocycles. The topological polar surface area (TPSA) is 388 Å². The summed E-state index contributed by atoms with van der Waals surface area (Å²) in [6, 6.07) is 49.2. The number of hydrogen-bond donors (Lipinski definition) is 6. The number of primary amides is 3. The number of methoxy groups -OCH3 is 2. The van der Waals surface area contributed by atoms with Crippen LogP contribution < -0.4 is 28.4 Å². The van der Waals surface area contributed by atoms with Gasteiger partial charge in [-0.2, -0.15) is 0 Å². The predicted molar refractivity (Wildman–Crippen MR) is 523 cm³/mol. The summed E-state index contributed by atoms with van der Waals surface area (Å²) in [5.41, 5.74) is 36.7. The third-order valence-corrected chi connectivity index (χ3v) is 22.1. The van der Waals surface area contributed by atoms with Gasteiger partial charge in [-0.05, 0) is 286 Å². The van der Waals surface area contributed by atoms with Crippen molar-refractivity contribution in [1.82, 2.24) is 15.0 Å². The third-order valence-electron chi connectivity index (χ3n) is 21.5. The number of esters is 4. The molecular weight excluding hydrogens is 1900 g/mol. The normalized spacial score (nSPS) is 12.3. The van der Waals surface area contributed by atoms with Crippen molar-refractivity contribution in [2.75, 3.05) is 14.2 Å². The van der Waals surface area contributed by atoms with Crippen LogP contribution >= 0.6 is 15.9 Å². The molecule has 15 rings (SSSR count). The highest BCUT2D eigenvalue weighted by Crippen LogP contribution is 2.38. The number of carbonyl (C=O) groups excluding carboxylic acids is 8. The Morgan fingerprint density at radius 2 is 0.844 bits per heavy atom. The summed E-state index contributed by atoms with van der Waals surface area (Å²) in [5, 5.41) is 17.4. The Hall–Kier alpha value is -14.6. The van der Waals surface area contributed by atoms with Gasteiger partial charge in [0.15, 0.2) is 0 Å². The number of amides is 3. The predicted octanol–water partition coefficient (Wildman–Crippen LogP) is 18.5. The molecule has 33 heteroatoms. The van der Waals surface area contributed by atoms with Gasteiger partial charge in [-0.25, -0.2) is 44.3 Å². The molecule has 12 N–H and O–H groups in total. The fraction of sp³-hybridized carbons (Fsp3) is 0.231. The molecule has 3 aromatic heterocycles. The van der Waals surface area contributed by atoms with Crippen LogP contribution in [0.3, 0.4) is 0 Å². The second-order valence-electron chi connectivity index (χ2n) is 34.8. The zero-order chi connectivity index (χ0) is 103. The number of benzene rings is 9. The van der Waals surface area contributed by atoms with Crippen LogP contribution in [0.5, 0.6) is 0 Å². The summed E-state index contributed by atoms with van der Waals surface area (Å²) in [6.07, 6.45) is 16.5. The molecule has 12 aromatic rings. The number of pyridine rings is 3. The van der Waals surface area contributed by atoms with Gasteiger partial charge in [0, 0.05) is 69.8 Å². The summed E-state index contributed by atoms with van der Waals surface area (Å²) in [4.78, 5) is 106. The van der Waals surface area contributed by atoms with Crippen molar-refractivity contribution in [3.05, 3.63) is 394 Å². The maximum atomic E-state index is 14.0. The van der Waals surface area contributed by atoms with E-state index in [9.17, 15) is 77.9 Å². The SMILES string of the molecule is CC(C)(C)OC(=O)C[C@@H](Cc1cc(F)cc(F)c1)c1ncccc1-c1ccc(F)c(C(N)=O)c1.CC(C)(C)OC(=O)C[C@@H](Cc1cc(F)cc(F)c1)c1ncccc1Br.COC(=O)C(=O)C1=CCc2ccc(C)cc21.COC(=O)CC1=CCc2ccc(C)cc21.Cc1ccc2c(c1)C=CC2.NC(=O)c1cc(-c2cccnc2[C@@H](N)Cc2cc(F)cc(F)c2)ccc1F.NC(=O)c1cc(B(O)O)ccc1F.O. The Kier molecular flexibility index (Phi) is 40.6. The highest BCUT2D eigenvalue weighted by molar-refractivity contribution is 9.10. The Morgan fingerprint density at radius 1 is 0.440 bits per heavy atom. The number of hydrogen-bond acceptors (Lipinski definition) is 18. The molecule has 22 nitrogen and oxygen atoms in total. The number of ketones is 1. The van der Waals surface area contributed by atoms with Crippen molar-refractivity contribution in [3.63, 3.8) is 0 Å². The van der Waals surface area contributed by atoms with Crippen molar-refractivity contribution in [2.45, 2.75) is 149 Å². The van der Waals surface area contributed by atoms with E-state index >= 15 is 0 Å². The van der Waals surface area contributed by atoms with E-state index in [1.54, 1.807) is 84.1 Å². The van der Waals surface area contributed by atoms with Crippen LogP contribution in [0.2, 0.25) is 0 Å². The lowest BCUT2D eigenvalue weighted by molar-refractivity contribution is -0.156. The van der Waals surface area contributed by atoms with E-state index in [0.29, 0.717) is 74.4 Å². The maximum Gasteiger partial charge on any atom is 0.488 e. The minimum Gasteiger partial charge on any atom is -0.469 e. The summed E-state index contributed by atoms with van der Waals surface area (Å²) in [7, 11) is 0.903. The summed E-state index contributed by atoms with van der Waals surface area (Å²) in [5.74, 6) is -12.6. The van der Waals surface area contributed by atoms with Crippen molar-refractivity contribution < 1.29 is 112 Å². The molecule has 3 atom stereocenters. The number of ether oxygens (including phenoxy) is 4. The number of allylic oxidation sites excluding steroid dienone is 3. The van der Waals surface area contributed by atoms with Gasteiger partial charge in [-0.3, -0.25) is 48.5 Å². The number of aryl methyl sites for hydroxylation is 3. The first-order chi connectivity index (χ1) is 66.1. The van der Waals surface area contributed by atoms with Crippen LogP contribution in [-0.2, 0) is 81.4 Å². The number of Topliss-reactive ketones (excluding diaryl/α,β-unsaturated/α-hetero) is 1. The molecule has 0 spiro atoms. The molecule has 3 heterocycles. The van der Waals surface area contributed by atoms with E-state index in [1.165, 1.54) is 121 Å². The number of fused-ring (bicyclic) bond motifs is 3. The minimum absolute atomic E-state index is 0. The third kappa shape index (κ3) is 33.6. The molecule has 0 saturated carbocycles. The first-order valence-electron chi connectivity index (χ1n) is 43.9. The highest BCUT2D eigenvalue weighted by atomic mass is 79.9. The van der Waals surface area contributed by atoms with E-state index < -0.39 is 118 Å². The van der Waals surface area contributed by atoms with Gasteiger partial charge in [0.25, 0.3) is 23.5 Å². The van der Waals surface area contributed by atoms with Crippen molar-refractivity contribution in [3.8, 4) is 22.3 Å². The molecule has 736 valence electrons. The zero-order valence-corrected chi connectivity index (χ0v) is 80.6. The van der Waals surface area contributed by atoms with Crippen LogP contribution in [0.1, 0.15) is 194 Å². The number of halogens is 10. The van der Waals surface area contributed by atoms with Crippen LogP contribution in [0.15, 0.2) is 241 Å². The molecule has 0 fully saturated rings. The number of aromatic nitrogens is 3. The van der Waals surface area contributed by atoms with Crippen LogP contribution in [-0.4, -0.2) is 110 Å². The van der Waals surface area contributed by atoms with Crippen molar-refractivity contribution in [1.29, 1.82) is 0 Å². The van der Waals surface area contributed by atoms with Crippen LogP contribution in [0.25, 0.3) is 39.5 Å². The lowest BCUT2D eigenvalue weighted by Crippen LogP contribution is -2.31. The summed E-state index contributed by atoms with van der Waals surface area (Å²) in [6.45, 7) is 16.7. The largest absolute Gasteiger partial charge is 0.488 e. The molecule has 3 aliphatic carbocycles. The van der Waals surface area contributed by atoms with Crippen molar-refractivity contribution >= 4 is 93.1 Å². The van der Waals surface area contributed by atoms with Gasteiger partial charge in [-0.15, -0.1) is 0 Å². The molecule has 0 aliphatic heterocycles. The molecule has 3 amide bonds. The van der Waals surface area contributed by atoms with E-state index in [-0.39, 0.29) is 77.6 Å². The standard InChI is InChI=1S/C26H25F3N2O3.C20H16F3N3O.C19H20BrF2NO2.C13H12O3.C13H14O2.C10H10.C7H7BFNO3.H2O/c1-26(2,3)34-23(32)13-17(9-15-10-18(27)14-19(28)11-15)24-20(5-4-8-31-24)16-6-7-22(29)21(12-16)25(30)33;21-13-6-11(7-14(22)10-13)8-18(24)19-15(2-1-5-26-19)12-3-4-17(23)16(9-12)20(25)27;1-19(2,3)25-17(24)10-13(18-16(20)5-4-6-23-18)7-12-8-14(21)11-15(22)9-12;1-8-3-4-9-5-6-10(11(9)7-8)12(14)13(15)16-2;1-9-3-4-10-5-6-11(12(10)7-9)8-13(14)15-2;1-8-5-6-9-3-2-4-10(9)7-8;9-6-2-1-4(8(12)13)3-5(6)7(10)11;/h4-8,10-12,14,17H,9,13H2,1-3H3,(H2,30,33);1-7,9-10,18H,8,24H2,(H2,25,27);4-6,8-9,11,13H,7,10H2,1-3H3;3-4,6-7H,5H2,1-2H3;3-4,6-7H,5,8H2,1-2H3;2,4-7H,3H2,1H3;1-3,12-13H,(H2,10,11);1H2/t17-;18-;13-;;;;;/m101...../s1. The Balaban J connectivity index is 0.000000208. The van der Waals surface area contributed by atoms with Crippen molar-refractivity contribution in [2.24, 2.45) is 22.9 Å². The van der Waals surface area contributed by atoms with E-state index in [4.69, 9.17) is 42.5 Å². The van der Waals surface area contributed by atoms with E-state index in [1.807, 2.05) is 31.2 Å². The van der Waals surface area contributed by atoms with E-state index in [2.05, 4.69) is 109 Å². The van der Waals surface area contributed by atoms with Gasteiger partial charge in [0.05, 0.1) is 73.3 Å². The average molecular weight is 2000 g/mol. The summed E-state index contributed by atoms with van der Waals surface area (Å²) < 4.78 is 143. The molecule has 141 heavy (non-hydrogen) atoms. The number of nitrogens with zero attached hydrogens (tertiary/aromatic N) is 3. The van der Waals surface area contributed by atoms with Crippen LogP contribution in [0, 0.1) is 73.1 Å². The van der Waals surface area contributed by atoms with Gasteiger partial charge in [0.1, 0.15) is 63.6 Å². The first kappa shape index (κ1) is 112. The number of rotatable bonds is 23. The zero-order valence-electron chi connectivity index (χ0n) is 79.0. The first-order valence-corrected chi connectivity index (χ1v) is 44.7. The Labute approximate surface area is 818 Å². The molecule has 0 bridgehead atoms. The number of carbonyl (C=O) groups is 8. The lowest BCUT2D eigenvalue weighted by atomic mass is 9.79. The molecule has 9 aromatic carbocycles. The fourth-order valence-corrected chi connectivity index (χ4v) is 15.8. The lowest BCUT2D eigenvalue weighted by Gasteiger charge is -2.23. The Bertz CT molecular complexity index is 6630. The fourth-order valence-electron chi connectivity index (χ4n) is 15.2. The molecular formula is C108H106BBrF9N7O15. The van der Waals surface area contributed by atoms with Gasteiger partial charge in [0.2, 0.25) is 0 Å². The van der Waals surface area contributed by atoms with E-state index in [0.717, 1.165) is 88.1 Å². The second kappa shape index (κ2) is 51.3. The second-order valence-corrected chi connectivity index (χ2v) is 35.7. The molecule has 0 radical (unpaired) electrons. The molecule has 0 unspecified atom stereocenters. The summed E-state index contributed by atoms with van der Waals surface area (Å²) >= 11 is 3.43. The Morgan fingerprint density at radius 3 is 1.30 bits per heavy atom.